The molecule has 6 heteroatoms. The molecule has 0 radical (unpaired) electrons. The monoisotopic (exact) mass is 264 g/mol. The summed E-state index contributed by atoms with van der Waals surface area (Å²) in [6, 6.07) is 4.54. The van der Waals surface area contributed by atoms with E-state index in [1.165, 1.54) is 4.90 Å². The first-order chi connectivity index (χ1) is 8.90. The van der Waals surface area contributed by atoms with Crippen LogP contribution in [0.25, 0.3) is 0 Å². The van der Waals surface area contributed by atoms with E-state index in [4.69, 9.17) is 15.6 Å². The van der Waals surface area contributed by atoms with E-state index in [1.54, 1.807) is 32.2 Å². The molecule has 1 aromatic carbocycles. The maximum absolute atomic E-state index is 11.8. The van der Waals surface area contributed by atoms with Gasteiger partial charge in [0.25, 0.3) is 5.91 Å². The van der Waals surface area contributed by atoms with Crippen LogP contribution in [-0.2, 0) is 9.59 Å². The van der Waals surface area contributed by atoms with Crippen molar-refractivity contribution in [3.63, 3.8) is 0 Å². The Morgan fingerprint density at radius 1 is 1.58 bits per heavy atom. The van der Waals surface area contributed by atoms with Crippen molar-refractivity contribution < 1.29 is 19.4 Å². The summed E-state index contributed by atoms with van der Waals surface area (Å²) in [6.45, 7) is 1.67. The molecule has 1 aromatic rings. The predicted molar refractivity (Wildman–Crippen MR) is 69.1 cm³/mol. The van der Waals surface area contributed by atoms with Crippen molar-refractivity contribution in [3.8, 4) is 5.75 Å². The molecule has 1 aliphatic rings. The number of carbonyl (C=O) groups is 2. The lowest BCUT2D eigenvalue weighted by molar-refractivity contribution is -0.137. The second-order valence-electron chi connectivity index (χ2n) is 4.59. The number of rotatable bonds is 3. The average molecular weight is 264 g/mol. The number of carbonyl (C=O) groups excluding carboxylic acids is 1. The molecular weight excluding hydrogens is 248 g/mol. The van der Waals surface area contributed by atoms with Gasteiger partial charge < -0.3 is 20.5 Å². The van der Waals surface area contributed by atoms with Crippen LogP contribution in [0.15, 0.2) is 18.2 Å². The molecule has 1 aliphatic heterocycles. The van der Waals surface area contributed by atoms with Gasteiger partial charge >= 0.3 is 5.97 Å². The number of aliphatic carboxylic acids is 1. The van der Waals surface area contributed by atoms with Gasteiger partial charge in [-0.05, 0) is 24.6 Å². The van der Waals surface area contributed by atoms with Crippen LogP contribution in [0, 0.1) is 0 Å². The number of carboxylic acid groups (broad SMARTS) is 1. The molecule has 3 N–H and O–H groups in total. The Kier molecular flexibility index (Phi) is 3.44. The molecule has 0 aliphatic carbocycles. The van der Waals surface area contributed by atoms with Crippen molar-refractivity contribution in [1.82, 2.24) is 0 Å². The van der Waals surface area contributed by atoms with Crippen LogP contribution in [-0.4, -0.2) is 30.1 Å². The number of fused-ring (bicyclic) bond motifs is 1. The minimum absolute atomic E-state index is 0.116. The Morgan fingerprint density at radius 3 is 2.89 bits per heavy atom. The number of hydrogen-bond donors (Lipinski definition) is 2. The molecule has 1 heterocycles. The Hall–Kier alpha value is -2.08. The summed E-state index contributed by atoms with van der Waals surface area (Å²) in [5.41, 5.74) is 7.15. The Balaban J connectivity index is 2.32. The first kappa shape index (κ1) is 13.4. The van der Waals surface area contributed by atoms with E-state index in [0.717, 1.165) is 0 Å². The third kappa shape index (κ3) is 2.53. The molecule has 0 bridgehead atoms. The molecule has 0 saturated carbocycles. The molecule has 0 fully saturated rings. The van der Waals surface area contributed by atoms with E-state index in [0.29, 0.717) is 17.0 Å². The van der Waals surface area contributed by atoms with Crippen molar-refractivity contribution in [2.45, 2.75) is 25.5 Å². The molecule has 2 atom stereocenters. The van der Waals surface area contributed by atoms with Gasteiger partial charge in [0.15, 0.2) is 6.10 Å². The molecule has 2 unspecified atom stereocenters. The highest BCUT2D eigenvalue weighted by atomic mass is 16.5. The highest BCUT2D eigenvalue weighted by molar-refractivity contribution is 5.99. The molecule has 0 saturated heterocycles. The van der Waals surface area contributed by atoms with Crippen molar-refractivity contribution in [2.24, 2.45) is 5.73 Å². The number of amides is 1. The second-order valence-corrected chi connectivity index (χ2v) is 4.59. The number of hydrogen-bond acceptors (Lipinski definition) is 4. The van der Waals surface area contributed by atoms with Crippen LogP contribution in [0.2, 0.25) is 0 Å². The Bertz CT molecular complexity index is 529. The van der Waals surface area contributed by atoms with Crippen molar-refractivity contribution in [2.75, 3.05) is 11.9 Å². The topological polar surface area (TPSA) is 92.9 Å². The zero-order valence-corrected chi connectivity index (χ0v) is 10.8. The van der Waals surface area contributed by atoms with Gasteiger partial charge in [0.05, 0.1) is 12.1 Å². The van der Waals surface area contributed by atoms with Gasteiger partial charge in [-0.1, -0.05) is 6.07 Å². The third-order valence-corrected chi connectivity index (χ3v) is 3.15. The number of nitrogens with zero attached hydrogens (tertiary/aromatic N) is 1. The van der Waals surface area contributed by atoms with Crippen LogP contribution < -0.4 is 15.4 Å². The summed E-state index contributed by atoms with van der Waals surface area (Å²) in [6.07, 6.45) is -0.702. The minimum atomic E-state index is -0.952. The summed E-state index contributed by atoms with van der Waals surface area (Å²) < 4.78 is 5.52. The smallest absolute Gasteiger partial charge is 0.305 e. The second kappa shape index (κ2) is 4.89. The van der Waals surface area contributed by atoms with Gasteiger partial charge in [-0.2, -0.15) is 0 Å². The summed E-state index contributed by atoms with van der Waals surface area (Å²) in [5.74, 6) is -0.519. The lowest BCUT2D eigenvalue weighted by Gasteiger charge is -2.30. The molecule has 102 valence electrons. The van der Waals surface area contributed by atoms with Gasteiger partial charge in [0, 0.05) is 13.1 Å². The predicted octanol–water partition coefficient (Wildman–Crippen LogP) is 0.905. The molecular formula is C13H16N2O4. The van der Waals surface area contributed by atoms with Crippen LogP contribution in [0.1, 0.15) is 24.9 Å². The van der Waals surface area contributed by atoms with E-state index >= 15 is 0 Å². The number of anilines is 1. The third-order valence-electron chi connectivity index (χ3n) is 3.15. The molecule has 2 rings (SSSR count). The fourth-order valence-electron chi connectivity index (χ4n) is 2.07. The molecule has 1 amide bonds. The van der Waals surface area contributed by atoms with Crippen molar-refractivity contribution in [1.29, 1.82) is 0 Å². The summed E-state index contributed by atoms with van der Waals surface area (Å²) in [7, 11) is 1.68. The number of benzene rings is 1. The maximum Gasteiger partial charge on any atom is 0.305 e. The van der Waals surface area contributed by atoms with Crippen LogP contribution >= 0.6 is 0 Å². The van der Waals surface area contributed by atoms with Gasteiger partial charge in [-0.25, -0.2) is 0 Å². The average Bonchev–Trinajstić information content (AvgIpc) is 2.34. The van der Waals surface area contributed by atoms with Gasteiger partial charge in [-0.3, -0.25) is 9.59 Å². The van der Waals surface area contributed by atoms with Gasteiger partial charge in [-0.15, -0.1) is 0 Å². The number of likely N-dealkylation sites (N-methyl/N-ethyl adjacent to an activating group) is 1. The van der Waals surface area contributed by atoms with Crippen LogP contribution in [0.5, 0.6) is 5.75 Å². The fraction of sp³-hybridized carbons (Fsp3) is 0.385. The normalized spacial score (nSPS) is 19.6. The molecule has 0 spiro atoms. The van der Waals surface area contributed by atoms with E-state index in [2.05, 4.69) is 0 Å². The standard InChI is InChI=1S/C13H16N2O4/c1-7-13(18)15(2)10-4-3-8(5-11(10)19-7)9(14)6-12(16)17/h3-5,7,9H,6,14H2,1-2H3,(H,16,17). The van der Waals surface area contributed by atoms with E-state index in [9.17, 15) is 9.59 Å². The van der Waals surface area contributed by atoms with Gasteiger partial charge in [0.1, 0.15) is 5.75 Å². The number of ether oxygens (including phenoxy) is 1. The molecule has 0 aromatic heterocycles. The minimum Gasteiger partial charge on any atom is -0.481 e. The summed E-state index contributed by atoms with van der Waals surface area (Å²) in [5, 5.41) is 8.74. The SMILES string of the molecule is CC1Oc2cc(C(N)CC(=O)O)ccc2N(C)C1=O. The number of carboxylic acids is 1. The summed E-state index contributed by atoms with van der Waals surface area (Å²) >= 11 is 0. The quantitative estimate of drug-likeness (QED) is 0.846. The molecule has 6 nitrogen and oxygen atoms in total. The molecule has 19 heavy (non-hydrogen) atoms. The Morgan fingerprint density at radius 2 is 2.26 bits per heavy atom. The largest absolute Gasteiger partial charge is 0.481 e. The lowest BCUT2D eigenvalue weighted by Crippen LogP contribution is -2.42. The summed E-state index contributed by atoms with van der Waals surface area (Å²) in [4.78, 5) is 23.9. The van der Waals surface area contributed by atoms with Gasteiger partial charge in [0.2, 0.25) is 0 Å². The van der Waals surface area contributed by atoms with E-state index in [1.807, 2.05) is 0 Å². The van der Waals surface area contributed by atoms with Crippen molar-refractivity contribution >= 4 is 17.6 Å². The maximum atomic E-state index is 11.8. The van der Waals surface area contributed by atoms with Crippen LogP contribution in [0.3, 0.4) is 0 Å². The number of nitrogens with two attached hydrogens (primary N) is 1. The van der Waals surface area contributed by atoms with Crippen LogP contribution in [0.4, 0.5) is 5.69 Å². The lowest BCUT2D eigenvalue weighted by atomic mass is 10.0. The van der Waals surface area contributed by atoms with E-state index in [-0.39, 0.29) is 12.3 Å². The first-order valence-electron chi connectivity index (χ1n) is 5.95. The fourth-order valence-corrected chi connectivity index (χ4v) is 2.07. The Labute approximate surface area is 110 Å². The zero-order chi connectivity index (χ0) is 14.2. The van der Waals surface area contributed by atoms with E-state index < -0.39 is 18.1 Å². The zero-order valence-electron chi connectivity index (χ0n) is 10.8. The highest BCUT2D eigenvalue weighted by Gasteiger charge is 2.29. The van der Waals surface area contributed by atoms with Crippen molar-refractivity contribution in [3.05, 3.63) is 23.8 Å². The highest BCUT2D eigenvalue weighted by Crippen LogP contribution is 2.35. The first-order valence-corrected chi connectivity index (χ1v) is 5.95.